The Morgan fingerprint density at radius 1 is 1.53 bits per heavy atom. The Bertz CT molecular complexity index is 391. The van der Waals surface area contributed by atoms with Crippen molar-refractivity contribution in [2.75, 3.05) is 0 Å². The van der Waals surface area contributed by atoms with Gasteiger partial charge in [-0.05, 0) is 12.8 Å². The molecule has 0 radical (unpaired) electrons. The molecule has 0 atom stereocenters. The van der Waals surface area contributed by atoms with Gasteiger partial charge in [0.2, 0.25) is 5.91 Å². The average molecular weight is 236 g/mol. The van der Waals surface area contributed by atoms with E-state index in [4.69, 9.17) is 5.26 Å². The van der Waals surface area contributed by atoms with Crippen molar-refractivity contribution in [3.8, 4) is 6.07 Å². The second kappa shape index (κ2) is 5.43. The van der Waals surface area contributed by atoms with Crippen molar-refractivity contribution in [3.63, 3.8) is 0 Å². The minimum absolute atomic E-state index is 0.195. The second-order valence-corrected chi connectivity index (χ2v) is 3.95. The summed E-state index contributed by atoms with van der Waals surface area (Å²) in [7, 11) is 0. The van der Waals surface area contributed by atoms with Crippen LogP contribution in [0.25, 0.3) is 0 Å². The maximum atomic E-state index is 11.9. The Kier molecular flexibility index (Phi) is 4.21. The Hall–Kier alpha value is -1.90. The van der Waals surface area contributed by atoms with Crippen LogP contribution in [-0.4, -0.2) is 23.1 Å². The van der Waals surface area contributed by atoms with Gasteiger partial charge in [-0.1, -0.05) is 13.8 Å². The molecule has 6 nitrogen and oxygen atoms in total. The molecule has 0 saturated heterocycles. The normalized spacial score (nSPS) is 15.6. The zero-order chi connectivity index (χ0) is 12.9. The standard InChI is InChI=1S/C11H16N4O2/c1-3-11(4-2,7-12)13-10(17)8-5-6-9(16)15-14-8/h3-6H2,1-2H3,(H,13,17)(H,15,16). The fourth-order valence-corrected chi connectivity index (χ4v) is 1.54. The quantitative estimate of drug-likeness (QED) is 0.742. The van der Waals surface area contributed by atoms with E-state index in [-0.39, 0.29) is 23.9 Å². The number of hydrazone groups is 1. The van der Waals surface area contributed by atoms with Crippen LogP contribution in [0, 0.1) is 11.3 Å². The third kappa shape index (κ3) is 3.03. The fourth-order valence-electron chi connectivity index (χ4n) is 1.54. The molecule has 17 heavy (non-hydrogen) atoms. The first-order chi connectivity index (χ1) is 8.06. The van der Waals surface area contributed by atoms with E-state index in [0.717, 1.165) is 0 Å². The lowest BCUT2D eigenvalue weighted by molar-refractivity contribution is -0.121. The Balaban J connectivity index is 2.72. The molecule has 0 aromatic rings. The smallest absolute Gasteiger partial charge is 0.268 e. The summed E-state index contributed by atoms with van der Waals surface area (Å²) in [6.07, 6.45) is 1.63. The average Bonchev–Trinajstić information content (AvgIpc) is 2.37. The molecule has 2 N–H and O–H groups in total. The first-order valence-electron chi connectivity index (χ1n) is 5.66. The van der Waals surface area contributed by atoms with E-state index in [9.17, 15) is 9.59 Å². The highest BCUT2D eigenvalue weighted by Gasteiger charge is 2.30. The molecule has 1 rings (SSSR count). The summed E-state index contributed by atoms with van der Waals surface area (Å²) in [4.78, 5) is 22.7. The van der Waals surface area contributed by atoms with Gasteiger partial charge in [0.25, 0.3) is 5.91 Å². The summed E-state index contributed by atoms with van der Waals surface area (Å²) in [6, 6.07) is 2.12. The third-order valence-corrected chi connectivity index (χ3v) is 2.94. The number of carbonyl (C=O) groups excluding carboxylic acids is 2. The summed E-state index contributed by atoms with van der Waals surface area (Å²) in [5, 5.41) is 15.5. The number of carbonyl (C=O) groups is 2. The molecule has 2 amide bonds. The first kappa shape index (κ1) is 13.2. The molecule has 6 heteroatoms. The molecular weight excluding hydrogens is 220 g/mol. The molecule has 92 valence electrons. The van der Waals surface area contributed by atoms with Crippen LogP contribution in [0.2, 0.25) is 0 Å². The highest BCUT2D eigenvalue weighted by atomic mass is 16.2. The SMILES string of the molecule is CCC(C#N)(CC)NC(=O)C1=NNC(=O)CC1. The van der Waals surface area contributed by atoms with Crippen molar-refractivity contribution in [3.05, 3.63) is 0 Å². The Labute approximate surface area is 100 Å². The number of nitriles is 1. The predicted octanol–water partition coefficient (Wildman–Crippen LogP) is 0.451. The van der Waals surface area contributed by atoms with Gasteiger partial charge in [0, 0.05) is 12.8 Å². The van der Waals surface area contributed by atoms with Gasteiger partial charge in [-0.2, -0.15) is 10.4 Å². The number of hydrogen-bond donors (Lipinski definition) is 2. The van der Waals surface area contributed by atoms with Gasteiger partial charge in [-0.3, -0.25) is 9.59 Å². The van der Waals surface area contributed by atoms with Crippen LogP contribution < -0.4 is 10.7 Å². The first-order valence-corrected chi connectivity index (χ1v) is 5.66. The third-order valence-electron chi connectivity index (χ3n) is 2.94. The van der Waals surface area contributed by atoms with E-state index in [1.807, 2.05) is 13.8 Å². The summed E-state index contributed by atoms with van der Waals surface area (Å²) in [6.45, 7) is 3.69. The lowest BCUT2D eigenvalue weighted by Gasteiger charge is -2.25. The minimum atomic E-state index is -0.846. The van der Waals surface area contributed by atoms with E-state index in [1.165, 1.54) is 0 Å². The van der Waals surface area contributed by atoms with Crippen LogP contribution >= 0.6 is 0 Å². The molecular formula is C11H16N4O2. The zero-order valence-electron chi connectivity index (χ0n) is 10.0. The summed E-state index contributed by atoms with van der Waals surface area (Å²) >= 11 is 0. The maximum Gasteiger partial charge on any atom is 0.268 e. The van der Waals surface area contributed by atoms with Crippen LogP contribution in [-0.2, 0) is 9.59 Å². The van der Waals surface area contributed by atoms with Gasteiger partial charge in [0.15, 0.2) is 0 Å². The van der Waals surface area contributed by atoms with Crippen molar-refractivity contribution < 1.29 is 9.59 Å². The van der Waals surface area contributed by atoms with Crippen molar-refractivity contribution in [2.45, 2.75) is 45.1 Å². The molecule has 0 aromatic carbocycles. The van der Waals surface area contributed by atoms with Gasteiger partial charge >= 0.3 is 0 Å². The second-order valence-electron chi connectivity index (χ2n) is 3.95. The molecule has 0 aliphatic carbocycles. The maximum absolute atomic E-state index is 11.9. The lowest BCUT2D eigenvalue weighted by atomic mass is 9.94. The van der Waals surface area contributed by atoms with Gasteiger partial charge in [-0.25, -0.2) is 5.43 Å². The van der Waals surface area contributed by atoms with Crippen LogP contribution in [0.3, 0.4) is 0 Å². The molecule has 0 spiro atoms. The van der Waals surface area contributed by atoms with Crippen LogP contribution in [0.1, 0.15) is 39.5 Å². The topological polar surface area (TPSA) is 94.3 Å². The molecule has 0 fully saturated rings. The van der Waals surface area contributed by atoms with E-state index >= 15 is 0 Å². The molecule has 0 unspecified atom stereocenters. The zero-order valence-corrected chi connectivity index (χ0v) is 10.0. The van der Waals surface area contributed by atoms with Crippen LogP contribution in [0.5, 0.6) is 0 Å². The van der Waals surface area contributed by atoms with E-state index in [0.29, 0.717) is 19.3 Å². The number of amides is 2. The lowest BCUT2D eigenvalue weighted by Crippen LogP contribution is -2.50. The number of rotatable bonds is 4. The van der Waals surface area contributed by atoms with Crippen LogP contribution in [0.4, 0.5) is 0 Å². The summed E-state index contributed by atoms with van der Waals surface area (Å²) in [5.41, 5.74) is 1.68. The van der Waals surface area contributed by atoms with Gasteiger partial charge in [0.05, 0.1) is 6.07 Å². The molecule has 1 aliphatic rings. The van der Waals surface area contributed by atoms with Gasteiger partial charge in [0.1, 0.15) is 11.3 Å². The van der Waals surface area contributed by atoms with E-state index in [1.54, 1.807) is 0 Å². The van der Waals surface area contributed by atoms with E-state index in [2.05, 4.69) is 21.9 Å². The fraction of sp³-hybridized carbons (Fsp3) is 0.636. The van der Waals surface area contributed by atoms with Crippen LogP contribution in [0.15, 0.2) is 5.10 Å². The highest BCUT2D eigenvalue weighted by molar-refractivity contribution is 6.39. The van der Waals surface area contributed by atoms with Crippen molar-refractivity contribution in [1.82, 2.24) is 10.7 Å². The Morgan fingerprint density at radius 2 is 2.18 bits per heavy atom. The van der Waals surface area contributed by atoms with Crippen molar-refractivity contribution in [2.24, 2.45) is 5.10 Å². The molecule has 0 saturated carbocycles. The van der Waals surface area contributed by atoms with Crippen molar-refractivity contribution >= 4 is 17.5 Å². The van der Waals surface area contributed by atoms with Gasteiger partial charge < -0.3 is 5.32 Å². The monoisotopic (exact) mass is 236 g/mol. The van der Waals surface area contributed by atoms with E-state index < -0.39 is 5.54 Å². The minimum Gasteiger partial charge on any atom is -0.333 e. The van der Waals surface area contributed by atoms with Crippen molar-refractivity contribution in [1.29, 1.82) is 5.26 Å². The molecule has 0 bridgehead atoms. The predicted molar refractivity (Wildman–Crippen MR) is 61.9 cm³/mol. The number of nitrogens with one attached hydrogen (secondary N) is 2. The number of hydrogen-bond acceptors (Lipinski definition) is 4. The summed E-state index contributed by atoms with van der Waals surface area (Å²) < 4.78 is 0. The summed E-state index contributed by atoms with van der Waals surface area (Å²) in [5.74, 6) is -0.575. The molecule has 0 aromatic heterocycles. The van der Waals surface area contributed by atoms with Gasteiger partial charge in [-0.15, -0.1) is 0 Å². The largest absolute Gasteiger partial charge is 0.333 e. The molecule has 1 aliphatic heterocycles. The number of nitrogens with zero attached hydrogens (tertiary/aromatic N) is 2. The molecule has 1 heterocycles. The Morgan fingerprint density at radius 3 is 2.59 bits per heavy atom. The highest BCUT2D eigenvalue weighted by Crippen LogP contribution is 2.14.